The Morgan fingerprint density at radius 3 is 2.43 bits per heavy atom. The van der Waals surface area contributed by atoms with E-state index in [0.717, 1.165) is 0 Å². The molecule has 2 heterocycles. The first-order valence-electron chi connectivity index (χ1n) is 6.05. The Hall–Kier alpha value is -1.80. The van der Waals surface area contributed by atoms with Crippen LogP contribution in [0.2, 0.25) is 0 Å². The summed E-state index contributed by atoms with van der Waals surface area (Å²) >= 11 is 0. The van der Waals surface area contributed by atoms with Crippen molar-refractivity contribution < 1.29 is 24.4 Å². The van der Waals surface area contributed by atoms with Crippen LogP contribution in [0.25, 0.3) is 0 Å². The van der Waals surface area contributed by atoms with Gasteiger partial charge in [-0.05, 0) is 0 Å². The van der Waals surface area contributed by atoms with Crippen molar-refractivity contribution in [1.82, 2.24) is 9.55 Å². The highest BCUT2D eigenvalue weighted by Crippen LogP contribution is 2.44. The second-order valence-corrected chi connectivity index (χ2v) is 5.03. The van der Waals surface area contributed by atoms with E-state index < -0.39 is 45.9 Å². The Bertz CT molecular complexity index is 799. The molecule has 23 heavy (non-hydrogen) atoms. The number of aromatic nitrogens is 2. The lowest BCUT2D eigenvalue weighted by molar-refractivity contribution is -0.243. The normalized spacial score (nSPS) is 34.2. The molecule has 4 N–H and O–H groups in total. The maximum absolute atomic E-state index is 14.6. The fraction of sp³-hybridized carbons (Fsp3) is 0.455. The van der Waals surface area contributed by atoms with Gasteiger partial charge in [0.15, 0.2) is 0 Å². The number of terminal acetylenes is 1. The lowest BCUT2D eigenvalue weighted by Crippen LogP contribution is -2.59. The van der Waals surface area contributed by atoms with Gasteiger partial charge in [0, 0.05) is 11.6 Å². The van der Waals surface area contributed by atoms with Crippen LogP contribution in [0.15, 0.2) is 15.8 Å². The Morgan fingerprint density at radius 2 is 2.00 bits per heavy atom. The average molecular weight is 316 g/mol. The van der Waals surface area contributed by atoms with Crippen LogP contribution in [0.5, 0.6) is 0 Å². The Labute approximate surface area is 132 Å². The molecule has 0 aliphatic carbocycles. The van der Waals surface area contributed by atoms with Crippen molar-refractivity contribution in [3.8, 4) is 12.3 Å². The third-order valence-corrected chi connectivity index (χ3v) is 3.44. The number of ether oxygens (including phenoxy) is 1. The quantitative estimate of drug-likeness (QED) is 0.323. The first-order chi connectivity index (χ1) is 10.4. The maximum Gasteiger partial charge on any atom is 0.330 e. The molecule has 1 fully saturated rings. The Morgan fingerprint density at radius 1 is 1.43 bits per heavy atom. The topological polar surface area (TPSA) is 125 Å². The van der Waals surface area contributed by atoms with Crippen LogP contribution < -0.4 is 11.2 Å². The van der Waals surface area contributed by atoms with Gasteiger partial charge in [-0.25, -0.2) is 9.18 Å². The van der Waals surface area contributed by atoms with Crippen LogP contribution >= 0.6 is 0 Å². The van der Waals surface area contributed by atoms with E-state index in [2.05, 4.69) is 4.74 Å². The molecule has 1 aromatic rings. The van der Waals surface area contributed by atoms with Crippen LogP contribution in [0.1, 0.15) is 5.56 Å². The SMILES string of the molecule is [B]C([B])(O)[C@@]1(F)O[C@@]([B])(n2cc(C#C)c(=O)[nH]c2=O)[C@H](O)[C@@H]1O. The van der Waals surface area contributed by atoms with Gasteiger partial charge in [-0.1, -0.05) is 5.92 Å². The second-order valence-electron chi connectivity index (χ2n) is 5.03. The van der Waals surface area contributed by atoms with Crippen molar-refractivity contribution in [3.05, 3.63) is 32.6 Å². The molecule has 1 aliphatic rings. The maximum atomic E-state index is 14.6. The lowest BCUT2D eigenvalue weighted by Gasteiger charge is -2.37. The van der Waals surface area contributed by atoms with Gasteiger partial charge < -0.3 is 20.1 Å². The highest BCUT2D eigenvalue weighted by molar-refractivity contribution is 6.39. The number of H-pyrrole nitrogens is 1. The molecule has 8 nitrogen and oxygen atoms in total. The number of nitrogens with one attached hydrogen (secondary N) is 1. The van der Waals surface area contributed by atoms with Crippen LogP contribution in [-0.2, 0) is 10.4 Å². The van der Waals surface area contributed by atoms with Gasteiger partial charge in [-0.2, -0.15) is 0 Å². The van der Waals surface area contributed by atoms with Crippen molar-refractivity contribution in [3.63, 3.8) is 0 Å². The third-order valence-electron chi connectivity index (χ3n) is 3.44. The van der Waals surface area contributed by atoms with E-state index in [0.29, 0.717) is 10.8 Å². The van der Waals surface area contributed by atoms with Crippen molar-refractivity contribution >= 4 is 23.5 Å². The highest BCUT2D eigenvalue weighted by Gasteiger charge is 2.66. The van der Waals surface area contributed by atoms with Gasteiger partial charge in [-0.15, -0.1) is 6.42 Å². The summed E-state index contributed by atoms with van der Waals surface area (Å²) in [5.74, 6) is -1.70. The molecule has 12 heteroatoms. The van der Waals surface area contributed by atoms with Crippen LogP contribution in [0, 0.1) is 12.3 Å². The van der Waals surface area contributed by atoms with E-state index in [1.807, 2.05) is 5.92 Å². The van der Waals surface area contributed by atoms with E-state index in [1.165, 1.54) is 0 Å². The average Bonchev–Trinajstić information content (AvgIpc) is 2.61. The van der Waals surface area contributed by atoms with E-state index in [1.54, 1.807) is 4.98 Å². The molecule has 0 spiro atoms. The molecule has 1 aliphatic heterocycles. The molecule has 2 rings (SSSR count). The summed E-state index contributed by atoms with van der Waals surface area (Å²) in [6.45, 7) is 0. The number of hydrogen-bond donors (Lipinski definition) is 4. The van der Waals surface area contributed by atoms with Gasteiger partial charge in [0.1, 0.15) is 46.9 Å². The van der Waals surface area contributed by atoms with Crippen molar-refractivity contribution in [2.45, 2.75) is 29.1 Å². The lowest BCUT2D eigenvalue weighted by atomic mass is 9.59. The zero-order valence-electron chi connectivity index (χ0n) is 11.4. The first kappa shape index (κ1) is 17.6. The van der Waals surface area contributed by atoms with Crippen molar-refractivity contribution in [2.75, 3.05) is 0 Å². The number of hydrogen-bond acceptors (Lipinski definition) is 6. The minimum atomic E-state index is -3.63. The number of rotatable bonds is 2. The summed E-state index contributed by atoms with van der Waals surface area (Å²) in [6.07, 6.45) is 0.934. The summed E-state index contributed by atoms with van der Waals surface area (Å²) in [6, 6.07) is 0. The standard InChI is InChI=1S/C11H8B3FN2O6/c1-2-4-3-17(8(21)16-7(4)20)10(12)6(19)5(18)9(15,23-10)11(13,14)22/h1,3,5-6,18-19,22H,(H,16,20,21)/t5-,6+,9-,10-/m0/s1. The fourth-order valence-corrected chi connectivity index (χ4v) is 2.13. The predicted molar refractivity (Wildman–Crippen MR) is 76.4 cm³/mol. The zero-order valence-corrected chi connectivity index (χ0v) is 11.4. The molecule has 114 valence electrons. The molecule has 0 unspecified atom stereocenters. The molecule has 1 saturated heterocycles. The number of alkyl halides is 1. The minimum Gasteiger partial charge on any atom is -0.403 e. The highest BCUT2D eigenvalue weighted by atomic mass is 19.2. The molecule has 1 aromatic heterocycles. The molecular weight excluding hydrogens is 308 g/mol. The number of halogens is 1. The fourth-order valence-electron chi connectivity index (χ4n) is 2.13. The van der Waals surface area contributed by atoms with Gasteiger partial charge in [0.05, 0.1) is 0 Å². The Balaban J connectivity index is 2.67. The van der Waals surface area contributed by atoms with E-state index in [4.69, 9.17) is 30.0 Å². The smallest absolute Gasteiger partial charge is 0.330 e. The number of aliphatic hydroxyl groups excluding tert-OH is 2. The zero-order chi connectivity index (χ0) is 17.8. The summed E-state index contributed by atoms with van der Waals surface area (Å²) < 4.78 is 19.6. The van der Waals surface area contributed by atoms with Gasteiger partial charge in [0.25, 0.3) is 11.4 Å². The predicted octanol–water partition coefficient (Wildman–Crippen LogP) is -4.30. The van der Waals surface area contributed by atoms with E-state index >= 15 is 0 Å². The minimum absolute atomic E-state index is 0.338. The summed E-state index contributed by atoms with van der Waals surface area (Å²) in [5.41, 5.74) is -5.34. The first-order valence-corrected chi connectivity index (χ1v) is 6.05. The number of aliphatic hydroxyl groups is 3. The van der Waals surface area contributed by atoms with E-state index in [9.17, 15) is 29.3 Å². The molecule has 0 saturated carbocycles. The molecular formula is C11H8B3FN2O6. The third kappa shape index (κ3) is 2.37. The summed E-state index contributed by atoms with van der Waals surface area (Å²) in [5, 5.41) is 25.8. The number of aromatic amines is 1. The molecule has 6 radical (unpaired) electrons. The molecule has 0 bridgehead atoms. The second kappa shape index (κ2) is 5.11. The molecule has 0 amide bonds. The van der Waals surface area contributed by atoms with Crippen LogP contribution in [0.3, 0.4) is 0 Å². The number of nitrogens with zero attached hydrogens (tertiary/aromatic N) is 1. The van der Waals surface area contributed by atoms with E-state index in [-0.39, 0.29) is 0 Å². The van der Waals surface area contributed by atoms with Crippen LogP contribution in [0.4, 0.5) is 4.39 Å². The Kier molecular flexibility index (Phi) is 3.90. The van der Waals surface area contributed by atoms with Gasteiger partial charge in [0.2, 0.25) is 0 Å². The molecule has 4 atom stereocenters. The largest absolute Gasteiger partial charge is 0.403 e. The van der Waals surface area contributed by atoms with Gasteiger partial charge >= 0.3 is 5.69 Å². The summed E-state index contributed by atoms with van der Waals surface area (Å²) in [4.78, 5) is 25.0. The van der Waals surface area contributed by atoms with Gasteiger partial charge in [-0.3, -0.25) is 14.3 Å². The van der Waals surface area contributed by atoms with Crippen LogP contribution in [-0.4, -0.2) is 71.9 Å². The van der Waals surface area contributed by atoms with Crippen molar-refractivity contribution in [1.29, 1.82) is 0 Å². The monoisotopic (exact) mass is 316 g/mol. The van der Waals surface area contributed by atoms with Crippen molar-refractivity contribution in [2.24, 2.45) is 0 Å². The molecule has 0 aromatic carbocycles. The summed E-state index contributed by atoms with van der Waals surface area (Å²) in [7, 11) is 15.6.